The molecule has 4 aromatic heterocycles. The number of nitrogens with one attached hydrogen (secondary N) is 1. The van der Waals surface area contributed by atoms with Gasteiger partial charge < -0.3 is 9.73 Å². The highest BCUT2D eigenvalue weighted by atomic mass is 35.5. The second-order valence-corrected chi connectivity index (χ2v) is 10.9. The Hall–Kier alpha value is -4.28. The molecule has 12 heteroatoms. The number of carbonyl (C=O) groups is 1. The van der Waals surface area contributed by atoms with Crippen molar-refractivity contribution in [2.45, 2.75) is 45.5 Å². The van der Waals surface area contributed by atoms with Crippen molar-refractivity contribution in [3.05, 3.63) is 92.9 Å². The summed E-state index contributed by atoms with van der Waals surface area (Å²) in [4.78, 5) is 31.5. The predicted molar refractivity (Wildman–Crippen MR) is 160 cm³/mol. The first kappa shape index (κ1) is 25.4. The minimum absolute atomic E-state index is 0.191. The van der Waals surface area contributed by atoms with Crippen molar-refractivity contribution in [3.63, 3.8) is 0 Å². The summed E-state index contributed by atoms with van der Waals surface area (Å²) >= 11 is 12.3. The average Bonchev–Trinajstić information content (AvgIpc) is 3.61. The normalized spacial score (nSPS) is 18.2. The highest BCUT2D eigenvalue weighted by Crippen LogP contribution is 2.36. The van der Waals surface area contributed by atoms with E-state index in [1.807, 2.05) is 13.0 Å². The van der Waals surface area contributed by atoms with Gasteiger partial charge in [-0.2, -0.15) is 5.10 Å². The van der Waals surface area contributed by atoms with Crippen molar-refractivity contribution in [2.24, 2.45) is 5.92 Å². The molecule has 1 unspecified atom stereocenters. The Bertz CT molecular complexity index is 1930. The number of nitrogens with zero attached hydrogens (tertiary/aromatic N) is 6. The molecule has 0 saturated heterocycles. The first-order valence-electron chi connectivity index (χ1n) is 14.4. The van der Waals surface area contributed by atoms with E-state index in [0.717, 1.165) is 0 Å². The molecule has 10 nitrogen and oxygen atoms in total. The number of halogens is 2. The number of amides is 1. The monoisotopic (exact) mass is 605 g/mol. The summed E-state index contributed by atoms with van der Waals surface area (Å²) in [5.41, 5.74) is 3.25. The molecule has 2 bridgehead atoms. The summed E-state index contributed by atoms with van der Waals surface area (Å²) in [6, 6.07) is 10.0. The number of hydrogen-bond donors (Lipinski definition) is 1. The van der Waals surface area contributed by atoms with Gasteiger partial charge in [0.05, 0.1) is 38.5 Å². The minimum atomic E-state index is -1.85. The molecule has 1 N–H and O–H groups in total. The van der Waals surface area contributed by atoms with Crippen molar-refractivity contribution < 1.29 is 12.0 Å². The highest BCUT2D eigenvalue weighted by molar-refractivity contribution is 6.31. The maximum absolute atomic E-state index is 13.8. The van der Waals surface area contributed by atoms with Gasteiger partial charge in [-0.3, -0.25) is 19.3 Å². The molecule has 0 radical (unpaired) electrons. The smallest absolute Gasteiger partial charge is 0.227 e. The first-order chi connectivity index (χ1) is 21.0. The van der Waals surface area contributed by atoms with Gasteiger partial charge in [-0.1, -0.05) is 41.8 Å². The number of aromatic nitrogens is 6. The van der Waals surface area contributed by atoms with Gasteiger partial charge in [-0.15, -0.1) is 5.10 Å². The summed E-state index contributed by atoms with van der Waals surface area (Å²) in [5, 5.41) is 15.7. The van der Waals surface area contributed by atoms with Gasteiger partial charge in [0.2, 0.25) is 5.91 Å². The van der Waals surface area contributed by atoms with Crippen molar-refractivity contribution in [1.29, 1.82) is 0 Å². The zero-order valence-electron chi connectivity index (χ0n) is 24.7. The predicted octanol–water partition coefficient (Wildman–Crippen LogP) is 6.36. The van der Waals surface area contributed by atoms with Crippen LogP contribution >= 0.6 is 23.2 Å². The van der Waals surface area contributed by atoms with Gasteiger partial charge in [0.15, 0.2) is 10.6 Å². The number of pyridine rings is 1. The van der Waals surface area contributed by atoms with Crippen molar-refractivity contribution in [2.75, 3.05) is 5.32 Å². The van der Waals surface area contributed by atoms with Crippen LogP contribution in [0.4, 0.5) is 5.69 Å². The molecule has 0 aliphatic carbocycles. The fourth-order valence-corrected chi connectivity index (χ4v) is 5.53. The number of carbonyl (C=O) groups excluding carboxylic acids is 1. The Morgan fingerprint density at radius 2 is 2.02 bits per heavy atom. The van der Waals surface area contributed by atoms with Gasteiger partial charge in [0, 0.05) is 58.0 Å². The zero-order chi connectivity index (χ0) is 31.2. The Morgan fingerprint density at radius 3 is 2.79 bits per heavy atom. The van der Waals surface area contributed by atoms with Crippen molar-refractivity contribution in [1.82, 2.24) is 29.8 Å². The number of fused-ring (bicyclic) bond motifs is 4. The summed E-state index contributed by atoms with van der Waals surface area (Å²) in [7, 11) is 0. The Kier molecular flexibility index (Phi) is 6.99. The van der Waals surface area contributed by atoms with Crippen LogP contribution in [0.25, 0.3) is 28.3 Å². The fourth-order valence-electron chi connectivity index (χ4n) is 5.23. The third-order valence-corrected chi connectivity index (χ3v) is 7.81. The molecule has 1 aliphatic heterocycles. The van der Waals surface area contributed by atoms with E-state index in [0.29, 0.717) is 63.7 Å². The second-order valence-electron chi connectivity index (χ2n) is 10.1. The van der Waals surface area contributed by atoms with E-state index < -0.39 is 12.4 Å². The maximum Gasteiger partial charge on any atom is 0.227 e. The van der Waals surface area contributed by atoms with Crippen molar-refractivity contribution in [3.8, 4) is 28.3 Å². The van der Waals surface area contributed by atoms with Crippen LogP contribution in [0, 0.1) is 5.92 Å². The zero-order valence-corrected chi connectivity index (χ0v) is 24.2. The Morgan fingerprint density at radius 1 is 1.17 bits per heavy atom. The molecule has 2 atom stereocenters. The van der Waals surface area contributed by atoms with Gasteiger partial charge >= 0.3 is 0 Å². The van der Waals surface area contributed by atoms with Gasteiger partial charge in [0.25, 0.3) is 0 Å². The molecular weight excluding hydrogens is 577 g/mol. The molecule has 0 fully saturated rings. The van der Waals surface area contributed by atoms with E-state index in [4.69, 9.17) is 30.4 Å². The molecule has 5 aromatic rings. The molecule has 6 rings (SSSR count). The van der Waals surface area contributed by atoms with E-state index in [1.165, 1.54) is 41.0 Å². The molecular formula is C30H27Cl2N7O3. The summed E-state index contributed by atoms with van der Waals surface area (Å²) in [6.45, 7) is 1.38. The number of hydrogen-bond acceptors (Lipinski definition) is 7. The van der Waals surface area contributed by atoms with Crippen LogP contribution in [0.15, 0.2) is 70.5 Å². The average molecular weight is 607 g/mol. The summed E-state index contributed by atoms with van der Waals surface area (Å²) in [5.74, 6) is -0.701. The molecule has 1 amide bonds. The van der Waals surface area contributed by atoms with E-state index in [9.17, 15) is 9.59 Å². The van der Waals surface area contributed by atoms with Crippen LogP contribution < -0.4 is 10.7 Å². The molecule has 0 saturated carbocycles. The molecule has 42 heavy (non-hydrogen) atoms. The van der Waals surface area contributed by atoms with E-state index in [-0.39, 0.29) is 28.2 Å². The van der Waals surface area contributed by atoms with Crippen LogP contribution in [0.5, 0.6) is 0 Å². The van der Waals surface area contributed by atoms with Gasteiger partial charge in [-0.05, 0) is 50.1 Å². The number of anilines is 1. The lowest BCUT2D eigenvalue weighted by atomic mass is 9.88. The largest absolute Gasteiger partial charge is 0.464 e. The molecule has 1 aromatic carbocycles. The third kappa shape index (κ3) is 5.35. The minimum Gasteiger partial charge on any atom is -0.464 e. The van der Waals surface area contributed by atoms with Gasteiger partial charge in [-0.25, -0.2) is 4.68 Å². The SMILES string of the molecule is [2H]C([2H])(C)n1ncc2c1-c1ccnc(c1)C(c1coc(-c3cc(Cl)ccc3-n3cc(Cl)nn3)cc1=O)CCC[C@H](C)C(=O)N2. The van der Waals surface area contributed by atoms with Crippen molar-refractivity contribution >= 4 is 34.8 Å². The quantitative estimate of drug-likeness (QED) is 0.253. The molecule has 0 spiro atoms. The third-order valence-electron chi connectivity index (χ3n) is 7.40. The second kappa shape index (κ2) is 11.5. The van der Waals surface area contributed by atoms with Gasteiger partial charge in [0.1, 0.15) is 5.76 Å². The van der Waals surface area contributed by atoms with Crippen LogP contribution in [0.1, 0.15) is 53.0 Å². The van der Waals surface area contributed by atoms with Crippen LogP contribution in [0.3, 0.4) is 0 Å². The molecule has 5 heterocycles. The molecule has 214 valence electrons. The highest BCUT2D eigenvalue weighted by Gasteiger charge is 2.25. The lowest BCUT2D eigenvalue weighted by molar-refractivity contribution is -0.119. The fraction of sp³-hybridized carbons (Fsp3) is 0.267. The Balaban J connectivity index is 1.46. The van der Waals surface area contributed by atoms with Crippen LogP contribution in [-0.2, 0) is 11.3 Å². The summed E-state index contributed by atoms with van der Waals surface area (Å²) in [6.07, 6.45) is 7.77. The van der Waals surface area contributed by atoms with Crippen LogP contribution in [0.2, 0.25) is 10.2 Å². The lowest BCUT2D eigenvalue weighted by Gasteiger charge is -2.20. The maximum atomic E-state index is 13.8. The summed E-state index contributed by atoms with van der Waals surface area (Å²) < 4.78 is 25.4. The van der Waals surface area contributed by atoms with Crippen LogP contribution in [-0.4, -0.2) is 35.7 Å². The number of rotatable bonds is 4. The van der Waals surface area contributed by atoms with E-state index in [1.54, 1.807) is 30.5 Å². The standard InChI is InChI=1S/C30H27Cl2N7O3/c1-3-38-29-18-9-10-33-23(11-18)20(6-4-5-17(2)30(41)35-24(29)14-34-38)22-16-42-27(13-26(22)40)21-12-19(31)7-8-25(21)39-15-28(32)36-37-39/h7-17,20H,3-6H2,1-2H3,(H,35,41)/t17-,20?/m0/s1/i3D2. The number of benzene rings is 1. The topological polar surface area (TPSA) is 121 Å². The molecule has 1 aliphatic rings. The van der Waals surface area contributed by atoms with E-state index >= 15 is 0 Å². The lowest BCUT2D eigenvalue weighted by Crippen LogP contribution is -2.22. The number of aryl methyl sites for hydroxylation is 1. The Labute approximate surface area is 254 Å². The van der Waals surface area contributed by atoms with E-state index in [2.05, 4.69) is 25.7 Å². The first-order valence-corrected chi connectivity index (χ1v) is 14.1.